The molecule has 1 atom stereocenters. The molecule has 1 aromatic rings. The summed E-state index contributed by atoms with van der Waals surface area (Å²) in [5.74, 6) is -0.554. The van der Waals surface area contributed by atoms with Gasteiger partial charge in [0.05, 0.1) is 0 Å². The van der Waals surface area contributed by atoms with Crippen molar-refractivity contribution in [1.82, 2.24) is 4.90 Å². The van der Waals surface area contributed by atoms with E-state index in [1.54, 1.807) is 20.8 Å². The molecule has 0 fully saturated rings. The van der Waals surface area contributed by atoms with Gasteiger partial charge in [-0.05, 0) is 26.3 Å². The van der Waals surface area contributed by atoms with Crippen molar-refractivity contribution >= 4 is 12.0 Å². The Morgan fingerprint density at radius 1 is 1.25 bits per heavy atom. The maximum absolute atomic E-state index is 12.0. The van der Waals surface area contributed by atoms with E-state index in [0.29, 0.717) is 6.42 Å². The van der Waals surface area contributed by atoms with Gasteiger partial charge in [-0.2, -0.15) is 0 Å². The monoisotopic (exact) mass is 278 g/mol. The van der Waals surface area contributed by atoms with E-state index in [4.69, 9.17) is 10.5 Å². The maximum Gasteiger partial charge on any atom is 0.410 e. The predicted octanol–water partition coefficient (Wildman–Crippen LogP) is 1.95. The number of carbonyl (C=O) groups is 2. The highest BCUT2D eigenvalue weighted by Crippen LogP contribution is 2.13. The number of ether oxygens (including phenoxy) is 1. The Hall–Kier alpha value is -2.04. The van der Waals surface area contributed by atoms with E-state index in [2.05, 4.69) is 0 Å². The highest BCUT2D eigenvalue weighted by Gasteiger charge is 2.28. The molecule has 0 heterocycles. The summed E-state index contributed by atoms with van der Waals surface area (Å²) in [6.45, 7) is 5.32. The number of hydrogen-bond acceptors (Lipinski definition) is 3. The number of likely N-dealkylation sites (N-methyl/N-ethyl adjacent to an activating group) is 1. The Kier molecular flexibility index (Phi) is 5.13. The first kappa shape index (κ1) is 16.0. The highest BCUT2D eigenvalue weighted by molar-refractivity contribution is 5.84. The molecular weight excluding hydrogens is 256 g/mol. The number of hydrogen-bond donors (Lipinski definition) is 1. The van der Waals surface area contributed by atoms with Crippen molar-refractivity contribution in [3.05, 3.63) is 35.9 Å². The summed E-state index contributed by atoms with van der Waals surface area (Å²) in [6.07, 6.45) is -0.191. The summed E-state index contributed by atoms with van der Waals surface area (Å²) in [6, 6.07) is 8.69. The number of amides is 2. The molecule has 110 valence electrons. The second-order valence-corrected chi connectivity index (χ2v) is 5.70. The van der Waals surface area contributed by atoms with Gasteiger partial charge in [0.25, 0.3) is 0 Å². The van der Waals surface area contributed by atoms with Gasteiger partial charge in [0.2, 0.25) is 5.91 Å². The predicted molar refractivity (Wildman–Crippen MR) is 77.1 cm³/mol. The second-order valence-electron chi connectivity index (χ2n) is 5.70. The van der Waals surface area contributed by atoms with Crippen molar-refractivity contribution in [2.75, 3.05) is 7.05 Å². The summed E-state index contributed by atoms with van der Waals surface area (Å²) >= 11 is 0. The summed E-state index contributed by atoms with van der Waals surface area (Å²) in [4.78, 5) is 24.8. The lowest BCUT2D eigenvalue weighted by Crippen LogP contribution is -2.48. The van der Waals surface area contributed by atoms with Crippen molar-refractivity contribution in [3.63, 3.8) is 0 Å². The molecule has 0 spiro atoms. The minimum atomic E-state index is -0.729. The number of rotatable bonds is 4. The maximum atomic E-state index is 12.0. The Balaban J connectivity index is 2.81. The number of primary amides is 1. The minimum Gasteiger partial charge on any atom is -0.444 e. The molecule has 0 aliphatic carbocycles. The molecule has 5 nitrogen and oxygen atoms in total. The molecule has 0 radical (unpaired) electrons. The summed E-state index contributed by atoms with van der Waals surface area (Å²) < 4.78 is 5.25. The van der Waals surface area contributed by atoms with Gasteiger partial charge in [0, 0.05) is 13.5 Å². The van der Waals surface area contributed by atoms with Crippen LogP contribution in [0.2, 0.25) is 0 Å². The first-order valence-corrected chi connectivity index (χ1v) is 6.50. The third-order valence-electron chi connectivity index (χ3n) is 2.75. The Labute approximate surface area is 119 Å². The zero-order valence-electron chi connectivity index (χ0n) is 12.4. The Bertz CT molecular complexity index is 466. The van der Waals surface area contributed by atoms with Crippen LogP contribution in [-0.2, 0) is 16.0 Å². The quantitative estimate of drug-likeness (QED) is 0.915. The van der Waals surface area contributed by atoms with Crippen LogP contribution in [0.3, 0.4) is 0 Å². The number of nitrogens with zero attached hydrogens (tertiary/aromatic N) is 1. The van der Waals surface area contributed by atoms with Gasteiger partial charge in [0.1, 0.15) is 11.6 Å². The van der Waals surface area contributed by atoms with Gasteiger partial charge in [-0.15, -0.1) is 0 Å². The molecule has 0 aliphatic heterocycles. The molecular formula is C15H22N2O3. The lowest BCUT2D eigenvalue weighted by molar-refractivity contribution is -0.122. The third-order valence-corrected chi connectivity index (χ3v) is 2.75. The van der Waals surface area contributed by atoms with Gasteiger partial charge in [0.15, 0.2) is 0 Å². The molecule has 2 N–H and O–H groups in total. The first-order chi connectivity index (χ1) is 9.20. The second kappa shape index (κ2) is 6.41. The van der Waals surface area contributed by atoms with Crippen LogP contribution in [0.5, 0.6) is 0 Å². The highest BCUT2D eigenvalue weighted by atomic mass is 16.6. The molecule has 5 heteroatoms. The Morgan fingerprint density at radius 2 is 1.80 bits per heavy atom. The smallest absolute Gasteiger partial charge is 0.410 e. The number of benzene rings is 1. The lowest BCUT2D eigenvalue weighted by Gasteiger charge is -2.29. The van der Waals surface area contributed by atoms with E-state index < -0.39 is 23.6 Å². The van der Waals surface area contributed by atoms with Gasteiger partial charge in [-0.1, -0.05) is 30.3 Å². The van der Waals surface area contributed by atoms with Gasteiger partial charge in [-0.3, -0.25) is 9.69 Å². The molecule has 1 unspecified atom stereocenters. The first-order valence-electron chi connectivity index (χ1n) is 6.50. The molecule has 0 aliphatic rings. The molecule has 0 bridgehead atoms. The van der Waals surface area contributed by atoms with Crippen molar-refractivity contribution < 1.29 is 14.3 Å². The van der Waals surface area contributed by atoms with Crippen LogP contribution >= 0.6 is 0 Å². The minimum absolute atomic E-state index is 0.367. The lowest BCUT2D eigenvalue weighted by atomic mass is 10.0. The van der Waals surface area contributed by atoms with Crippen LogP contribution in [0.25, 0.3) is 0 Å². The van der Waals surface area contributed by atoms with Crippen molar-refractivity contribution in [3.8, 4) is 0 Å². The van der Waals surface area contributed by atoms with Gasteiger partial charge in [-0.25, -0.2) is 4.79 Å². The average molecular weight is 278 g/mol. The number of nitrogens with two attached hydrogens (primary N) is 1. The van der Waals surface area contributed by atoms with E-state index >= 15 is 0 Å². The standard InChI is InChI=1S/C15H22N2O3/c1-15(2,3)20-14(19)17(4)12(13(16)18)10-11-8-6-5-7-9-11/h5-9,12H,10H2,1-4H3,(H2,16,18). The van der Waals surface area contributed by atoms with Crippen LogP contribution in [0.4, 0.5) is 4.79 Å². The van der Waals surface area contributed by atoms with E-state index in [0.717, 1.165) is 5.56 Å². The number of carbonyl (C=O) groups excluding carboxylic acids is 2. The van der Waals surface area contributed by atoms with Gasteiger partial charge < -0.3 is 10.5 Å². The summed E-state index contributed by atoms with van der Waals surface area (Å²) in [5, 5.41) is 0. The molecule has 0 saturated heterocycles. The zero-order valence-corrected chi connectivity index (χ0v) is 12.4. The molecule has 0 aromatic heterocycles. The van der Waals surface area contributed by atoms with Crippen molar-refractivity contribution in [2.24, 2.45) is 5.73 Å². The molecule has 1 rings (SSSR count). The largest absolute Gasteiger partial charge is 0.444 e. The van der Waals surface area contributed by atoms with E-state index in [-0.39, 0.29) is 0 Å². The van der Waals surface area contributed by atoms with Crippen molar-refractivity contribution in [1.29, 1.82) is 0 Å². The van der Waals surface area contributed by atoms with Crippen molar-refractivity contribution in [2.45, 2.75) is 38.8 Å². The summed E-state index contributed by atoms with van der Waals surface area (Å²) in [7, 11) is 1.52. The molecule has 0 saturated carbocycles. The van der Waals surface area contributed by atoms with E-state index in [1.165, 1.54) is 11.9 Å². The van der Waals surface area contributed by atoms with Crippen LogP contribution in [0.15, 0.2) is 30.3 Å². The third kappa shape index (κ3) is 4.91. The van der Waals surface area contributed by atoms with Crippen LogP contribution in [0.1, 0.15) is 26.3 Å². The fourth-order valence-electron chi connectivity index (χ4n) is 1.73. The molecule has 1 aromatic carbocycles. The fourth-order valence-corrected chi connectivity index (χ4v) is 1.73. The molecule has 20 heavy (non-hydrogen) atoms. The fraction of sp³-hybridized carbons (Fsp3) is 0.467. The van der Waals surface area contributed by atoms with Gasteiger partial charge >= 0.3 is 6.09 Å². The Morgan fingerprint density at radius 3 is 2.25 bits per heavy atom. The topological polar surface area (TPSA) is 72.6 Å². The normalized spacial score (nSPS) is 12.6. The molecule has 2 amide bonds. The summed E-state index contributed by atoms with van der Waals surface area (Å²) in [5.41, 5.74) is 5.72. The van der Waals surface area contributed by atoms with Crippen LogP contribution in [-0.4, -0.2) is 35.6 Å². The van der Waals surface area contributed by atoms with Crippen LogP contribution < -0.4 is 5.73 Å². The zero-order chi connectivity index (χ0) is 15.3. The SMILES string of the molecule is CN(C(=O)OC(C)(C)C)C(Cc1ccccc1)C(N)=O. The van der Waals surface area contributed by atoms with Crippen LogP contribution in [0, 0.1) is 0 Å². The van der Waals surface area contributed by atoms with E-state index in [1.807, 2.05) is 30.3 Å². The average Bonchev–Trinajstić information content (AvgIpc) is 2.34. The van der Waals surface area contributed by atoms with E-state index in [9.17, 15) is 9.59 Å².